The van der Waals surface area contributed by atoms with E-state index < -0.39 is 0 Å². The van der Waals surface area contributed by atoms with Crippen molar-refractivity contribution in [2.45, 2.75) is 19.9 Å². The van der Waals surface area contributed by atoms with Crippen molar-refractivity contribution in [2.75, 3.05) is 0 Å². The van der Waals surface area contributed by atoms with E-state index in [2.05, 4.69) is 76.6 Å². The molecule has 1 aliphatic carbocycles. The van der Waals surface area contributed by atoms with Gasteiger partial charge in [-0.3, -0.25) is 0 Å². The third-order valence-corrected chi connectivity index (χ3v) is 3.99. The number of hydrogen-bond donors (Lipinski definition) is 0. The zero-order valence-corrected chi connectivity index (χ0v) is 11.9. The lowest BCUT2D eigenvalue weighted by Gasteiger charge is -2.04. The minimum atomic E-state index is 1.02. The van der Waals surface area contributed by atoms with Gasteiger partial charge in [-0.05, 0) is 59.7 Å². The van der Waals surface area contributed by atoms with Gasteiger partial charge in [0.2, 0.25) is 0 Å². The first-order valence-corrected chi connectivity index (χ1v) is 7.03. The second-order valence-electron chi connectivity index (χ2n) is 4.26. The molecule has 0 bridgehead atoms. The second-order valence-corrected chi connectivity index (χ2v) is 5.51. The summed E-state index contributed by atoms with van der Waals surface area (Å²) < 4.78 is 3.72. The summed E-state index contributed by atoms with van der Waals surface area (Å²) in [6.07, 6.45) is 9.78. The van der Waals surface area contributed by atoms with Gasteiger partial charge in [-0.2, -0.15) is 0 Å². The second kappa shape index (κ2) is 4.33. The van der Waals surface area contributed by atoms with Crippen molar-refractivity contribution in [1.82, 2.24) is 4.57 Å². The first-order valence-electron chi connectivity index (χ1n) is 5.95. The van der Waals surface area contributed by atoms with Crippen LogP contribution in [0.4, 0.5) is 0 Å². The molecule has 3 rings (SSSR count). The molecule has 0 radical (unpaired) electrons. The molecular formula is C15H14IN. The minimum Gasteiger partial charge on any atom is -0.341 e. The lowest BCUT2D eigenvalue weighted by atomic mass is 10.1. The molecule has 0 unspecified atom stereocenters. The molecule has 0 N–H and O–H groups in total. The molecule has 17 heavy (non-hydrogen) atoms. The summed E-state index contributed by atoms with van der Waals surface area (Å²) in [5.74, 6) is 0. The van der Waals surface area contributed by atoms with Crippen LogP contribution in [-0.2, 0) is 13.0 Å². The molecule has 1 heterocycles. The highest BCUT2D eigenvalue weighted by Crippen LogP contribution is 2.30. The van der Waals surface area contributed by atoms with E-state index in [1.54, 1.807) is 0 Å². The maximum atomic E-state index is 2.41. The fourth-order valence-corrected chi connectivity index (χ4v) is 3.05. The largest absolute Gasteiger partial charge is 0.341 e. The fourth-order valence-electron chi connectivity index (χ4n) is 2.57. The summed E-state index contributed by atoms with van der Waals surface area (Å²) in [5.41, 5.74) is 4.20. The molecule has 0 saturated carbocycles. The summed E-state index contributed by atoms with van der Waals surface area (Å²) in [6.45, 7) is 3.24. The molecule has 1 aromatic carbocycles. The Morgan fingerprint density at radius 1 is 1.29 bits per heavy atom. The van der Waals surface area contributed by atoms with E-state index in [4.69, 9.17) is 0 Å². The van der Waals surface area contributed by atoms with Gasteiger partial charge in [0.1, 0.15) is 0 Å². The Labute approximate surface area is 115 Å². The Kier molecular flexibility index (Phi) is 2.82. The molecule has 1 aliphatic rings. The zero-order valence-electron chi connectivity index (χ0n) is 9.78. The van der Waals surface area contributed by atoms with E-state index in [-0.39, 0.29) is 0 Å². The molecule has 2 aromatic rings. The van der Waals surface area contributed by atoms with Gasteiger partial charge in [0.05, 0.1) is 0 Å². The van der Waals surface area contributed by atoms with E-state index in [1.807, 2.05) is 0 Å². The SMILES string of the molecule is CCn1c2c(c3ccc(I)cc31)CC=CC=C2. The number of nitrogens with zero attached hydrogens (tertiary/aromatic N) is 1. The van der Waals surface area contributed by atoms with Crippen LogP contribution in [0.15, 0.2) is 36.4 Å². The number of aromatic nitrogens is 1. The van der Waals surface area contributed by atoms with Crippen LogP contribution in [0.2, 0.25) is 0 Å². The first-order chi connectivity index (χ1) is 8.31. The van der Waals surface area contributed by atoms with Crippen LogP contribution in [0.1, 0.15) is 18.2 Å². The van der Waals surface area contributed by atoms with Crippen molar-refractivity contribution in [3.8, 4) is 0 Å². The van der Waals surface area contributed by atoms with Crippen LogP contribution in [-0.4, -0.2) is 4.57 Å². The normalized spacial score (nSPS) is 14.0. The van der Waals surface area contributed by atoms with E-state index >= 15 is 0 Å². The van der Waals surface area contributed by atoms with Gasteiger partial charge >= 0.3 is 0 Å². The van der Waals surface area contributed by atoms with Gasteiger partial charge in [-0.25, -0.2) is 0 Å². The van der Waals surface area contributed by atoms with Gasteiger partial charge in [-0.1, -0.05) is 24.3 Å². The lowest BCUT2D eigenvalue weighted by molar-refractivity contribution is 0.785. The highest BCUT2D eigenvalue weighted by atomic mass is 127. The van der Waals surface area contributed by atoms with Crippen LogP contribution in [0.25, 0.3) is 17.0 Å². The van der Waals surface area contributed by atoms with Crippen molar-refractivity contribution in [1.29, 1.82) is 0 Å². The predicted molar refractivity (Wildman–Crippen MR) is 82.2 cm³/mol. The number of rotatable bonds is 1. The number of aryl methyl sites for hydroxylation is 1. The van der Waals surface area contributed by atoms with Crippen molar-refractivity contribution in [2.24, 2.45) is 0 Å². The van der Waals surface area contributed by atoms with Crippen molar-refractivity contribution < 1.29 is 0 Å². The lowest BCUT2D eigenvalue weighted by Crippen LogP contribution is -1.97. The summed E-state index contributed by atoms with van der Waals surface area (Å²) in [4.78, 5) is 0. The average molecular weight is 335 g/mol. The van der Waals surface area contributed by atoms with Gasteiger partial charge in [0, 0.05) is 26.7 Å². The van der Waals surface area contributed by atoms with Gasteiger partial charge in [-0.15, -0.1) is 0 Å². The summed E-state index contributed by atoms with van der Waals surface area (Å²) in [7, 11) is 0. The van der Waals surface area contributed by atoms with Crippen LogP contribution >= 0.6 is 22.6 Å². The Balaban J connectivity index is 2.40. The number of halogens is 1. The molecule has 2 heteroatoms. The van der Waals surface area contributed by atoms with Crippen LogP contribution in [0.5, 0.6) is 0 Å². The Morgan fingerprint density at radius 3 is 3.00 bits per heavy atom. The standard InChI is InChI=1S/C15H14IN/c1-2-17-14-7-5-3-4-6-12(14)13-9-8-11(16)10-15(13)17/h3-5,7-10H,2,6H2,1H3. The van der Waals surface area contributed by atoms with E-state index in [0.717, 1.165) is 13.0 Å². The van der Waals surface area contributed by atoms with Crippen LogP contribution in [0, 0.1) is 3.57 Å². The van der Waals surface area contributed by atoms with Crippen molar-refractivity contribution in [3.05, 3.63) is 51.3 Å². The number of allylic oxidation sites excluding steroid dienone is 3. The quantitative estimate of drug-likeness (QED) is 0.681. The zero-order chi connectivity index (χ0) is 11.8. The molecule has 1 aromatic heterocycles. The Morgan fingerprint density at radius 2 is 2.18 bits per heavy atom. The van der Waals surface area contributed by atoms with Crippen LogP contribution < -0.4 is 0 Å². The highest BCUT2D eigenvalue weighted by molar-refractivity contribution is 14.1. The van der Waals surface area contributed by atoms with Crippen molar-refractivity contribution in [3.63, 3.8) is 0 Å². The van der Waals surface area contributed by atoms with E-state index in [9.17, 15) is 0 Å². The number of fused-ring (bicyclic) bond motifs is 3. The van der Waals surface area contributed by atoms with E-state index in [1.165, 1.54) is 25.7 Å². The number of hydrogen-bond acceptors (Lipinski definition) is 0. The summed E-state index contributed by atoms with van der Waals surface area (Å²) in [6, 6.07) is 6.74. The van der Waals surface area contributed by atoms with Crippen LogP contribution in [0.3, 0.4) is 0 Å². The Hall–Kier alpha value is -1.03. The fraction of sp³-hybridized carbons (Fsp3) is 0.200. The molecule has 0 saturated heterocycles. The van der Waals surface area contributed by atoms with E-state index in [0.29, 0.717) is 0 Å². The molecule has 0 spiro atoms. The third-order valence-electron chi connectivity index (χ3n) is 3.32. The molecule has 0 amide bonds. The summed E-state index contributed by atoms with van der Waals surface area (Å²) in [5, 5.41) is 1.40. The molecule has 0 fully saturated rings. The Bertz CT molecular complexity index is 632. The number of benzene rings is 1. The molecule has 86 valence electrons. The molecule has 0 aliphatic heterocycles. The highest BCUT2D eigenvalue weighted by Gasteiger charge is 2.14. The summed E-state index contributed by atoms with van der Waals surface area (Å²) >= 11 is 2.38. The first kappa shape index (κ1) is 11.1. The van der Waals surface area contributed by atoms with Gasteiger partial charge in [0.25, 0.3) is 0 Å². The maximum absolute atomic E-state index is 2.41. The monoisotopic (exact) mass is 335 g/mol. The molecule has 1 nitrogen and oxygen atoms in total. The molecule has 0 atom stereocenters. The van der Waals surface area contributed by atoms with Gasteiger partial charge in [0.15, 0.2) is 0 Å². The maximum Gasteiger partial charge on any atom is 0.0498 e. The average Bonchev–Trinajstić information content (AvgIpc) is 2.50. The minimum absolute atomic E-state index is 1.02. The molecular weight excluding hydrogens is 321 g/mol. The predicted octanol–water partition coefficient (Wildman–Crippen LogP) is 4.39. The topological polar surface area (TPSA) is 4.93 Å². The smallest absolute Gasteiger partial charge is 0.0498 e. The van der Waals surface area contributed by atoms with Gasteiger partial charge < -0.3 is 4.57 Å². The van der Waals surface area contributed by atoms with Crippen molar-refractivity contribution >= 4 is 39.6 Å². The third kappa shape index (κ3) is 1.75.